The van der Waals surface area contributed by atoms with E-state index in [0.29, 0.717) is 11.4 Å². The van der Waals surface area contributed by atoms with Gasteiger partial charge in [0.15, 0.2) is 0 Å². The Morgan fingerprint density at radius 3 is 2.30 bits per heavy atom. The smallest absolute Gasteiger partial charge is 0.211 e. The van der Waals surface area contributed by atoms with E-state index in [4.69, 9.17) is 0 Å². The maximum atomic E-state index is 12.5. The van der Waals surface area contributed by atoms with E-state index in [0.717, 1.165) is 22.9 Å². The minimum atomic E-state index is -3.48. The van der Waals surface area contributed by atoms with E-state index in [1.165, 1.54) is 22.3 Å². The highest BCUT2D eigenvalue weighted by Gasteiger charge is 2.30. The summed E-state index contributed by atoms with van der Waals surface area (Å²) < 4.78 is 28.9. The number of sulfonamides is 1. The lowest BCUT2D eigenvalue weighted by molar-refractivity contribution is 0.578. The number of rotatable bonds is 7. The summed E-state index contributed by atoms with van der Waals surface area (Å²) in [5.41, 5.74) is 6.12. The second-order valence-electron chi connectivity index (χ2n) is 7.58. The summed E-state index contributed by atoms with van der Waals surface area (Å²) in [5, 5.41) is 0. The van der Waals surface area contributed by atoms with E-state index in [-0.39, 0.29) is 5.92 Å². The van der Waals surface area contributed by atoms with Crippen LogP contribution in [0.5, 0.6) is 0 Å². The molecule has 0 radical (unpaired) electrons. The molecule has 1 atom stereocenters. The average Bonchev–Trinajstić information content (AvgIpc) is 3.04. The molecule has 1 unspecified atom stereocenters. The molecule has 0 bridgehead atoms. The van der Waals surface area contributed by atoms with Gasteiger partial charge in [-0.2, -0.15) is 0 Å². The third-order valence-electron chi connectivity index (χ3n) is 5.52. The molecule has 1 aliphatic carbocycles. The van der Waals surface area contributed by atoms with Crippen LogP contribution in [0.3, 0.4) is 0 Å². The zero-order valence-corrected chi connectivity index (χ0v) is 19.2. The molecule has 3 nitrogen and oxygen atoms in total. The van der Waals surface area contributed by atoms with Gasteiger partial charge < -0.3 is 0 Å². The van der Waals surface area contributed by atoms with Crippen molar-refractivity contribution < 1.29 is 8.42 Å². The Balaban J connectivity index is 1.48. The second-order valence-corrected chi connectivity index (χ2v) is 10.1. The van der Waals surface area contributed by atoms with Gasteiger partial charge in [0.25, 0.3) is 0 Å². The number of nitrogens with one attached hydrogen (secondary N) is 1. The lowest BCUT2D eigenvalue weighted by atomic mass is 9.87. The highest BCUT2D eigenvalue weighted by molar-refractivity contribution is 9.15. The third kappa shape index (κ3) is 4.29. The average molecular weight is 482 g/mol. The molecule has 0 spiro atoms. The first-order valence-electron chi connectivity index (χ1n) is 10.1. The zero-order valence-electron chi connectivity index (χ0n) is 16.8. The van der Waals surface area contributed by atoms with Crippen LogP contribution < -0.4 is 4.72 Å². The summed E-state index contributed by atoms with van der Waals surface area (Å²) in [6.07, 6.45) is 1.54. The number of hydrogen-bond acceptors (Lipinski definition) is 2. The quantitative estimate of drug-likeness (QED) is 0.420. The summed E-state index contributed by atoms with van der Waals surface area (Å²) in [5.74, 6) is 0.200. The van der Waals surface area contributed by atoms with E-state index in [1.807, 2.05) is 25.1 Å². The van der Waals surface area contributed by atoms with Crippen LogP contribution in [0.25, 0.3) is 4.48 Å². The Morgan fingerprint density at radius 2 is 1.57 bits per heavy atom. The van der Waals surface area contributed by atoms with Crippen molar-refractivity contribution in [2.75, 3.05) is 6.54 Å². The highest BCUT2D eigenvalue weighted by Crippen LogP contribution is 2.49. The van der Waals surface area contributed by atoms with E-state index < -0.39 is 10.0 Å². The van der Waals surface area contributed by atoms with E-state index in [2.05, 4.69) is 69.2 Å². The molecule has 3 aromatic rings. The molecule has 5 heteroatoms. The molecule has 4 rings (SSSR count). The van der Waals surface area contributed by atoms with Crippen LogP contribution in [0, 0.1) is 6.92 Å². The predicted molar refractivity (Wildman–Crippen MR) is 126 cm³/mol. The molecule has 30 heavy (non-hydrogen) atoms. The van der Waals surface area contributed by atoms with Crippen molar-refractivity contribution >= 4 is 30.4 Å². The molecule has 154 valence electrons. The van der Waals surface area contributed by atoms with Gasteiger partial charge in [-0.15, -0.1) is 0 Å². The largest absolute Gasteiger partial charge is 0.240 e. The number of benzene rings is 3. The Bertz CT molecular complexity index is 1170. The molecule has 1 N–H and O–H groups in total. The summed E-state index contributed by atoms with van der Waals surface area (Å²) in [4.78, 5) is 0.309. The normalized spacial score (nSPS) is 16.0. The first-order valence-corrected chi connectivity index (χ1v) is 12.3. The van der Waals surface area contributed by atoms with Crippen molar-refractivity contribution in [3.63, 3.8) is 0 Å². The molecular weight excluding hydrogens is 458 g/mol. The molecule has 0 saturated carbocycles. The highest BCUT2D eigenvalue weighted by atomic mass is 79.9. The molecule has 3 aromatic carbocycles. The molecule has 0 fully saturated rings. The fourth-order valence-electron chi connectivity index (χ4n) is 4.00. The molecule has 0 aliphatic heterocycles. The maximum absolute atomic E-state index is 12.5. The Morgan fingerprint density at radius 1 is 0.900 bits per heavy atom. The lowest BCUT2D eigenvalue weighted by Crippen LogP contribution is -2.25. The standard InChI is InChI=1S/C25H24BrNO2S/c1-18-13-15-20(16-14-18)30(28,29)27-17-7-12-23-24(19-8-3-2-4-9-19)21-10-5-6-11-22(21)25(23)26/h2-6,8-11,13-16,24,27H,7,12,17H2,1H3. The Hall–Kier alpha value is -2.21. The van der Waals surface area contributed by atoms with Gasteiger partial charge in [-0.25, -0.2) is 13.1 Å². The Kier molecular flexibility index (Phi) is 6.23. The van der Waals surface area contributed by atoms with Crippen molar-refractivity contribution in [3.8, 4) is 0 Å². The van der Waals surface area contributed by atoms with Crippen molar-refractivity contribution in [1.29, 1.82) is 0 Å². The summed E-state index contributed by atoms with van der Waals surface area (Å²) in [6, 6.07) is 25.9. The van der Waals surface area contributed by atoms with Crippen LogP contribution in [0.1, 0.15) is 41.0 Å². The molecule has 0 aromatic heterocycles. The minimum absolute atomic E-state index is 0.200. The van der Waals surface area contributed by atoms with Gasteiger partial charge in [-0.3, -0.25) is 0 Å². The third-order valence-corrected chi connectivity index (χ3v) is 7.93. The molecular formula is C25H24BrNO2S. The zero-order chi connectivity index (χ0) is 21.1. The van der Waals surface area contributed by atoms with E-state index in [1.54, 1.807) is 12.1 Å². The van der Waals surface area contributed by atoms with Gasteiger partial charge in [0.2, 0.25) is 10.0 Å². The first-order chi connectivity index (χ1) is 14.5. The molecule has 0 heterocycles. The monoisotopic (exact) mass is 481 g/mol. The van der Waals surface area contributed by atoms with Crippen molar-refractivity contribution in [1.82, 2.24) is 4.72 Å². The second kappa shape index (κ2) is 8.88. The fraction of sp³-hybridized carbons (Fsp3) is 0.200. The maximum Gasteiger partial charge on any atom is 0.240 e. The van der Waals surface area contributed by atoms with Crippen LogP contribution in [0.4, 0.5) is 0 Å². The minimum Gasteiger partial charge on any atom is -0.211 e. The fourth-order valence-corrected chi connectivity index (χ4v) is 5.86. The number of aryl methyl sites for hydroxylation is 1. The topological polar surface area (TPSA) is 46.2 Å². The van der Waals surface area contributed by atoms with E-state index >= 15 is 0 Å². The van der Waals surface area contributed by atoms with Gasteiger partial charge >= 0.3 is 0 Å². The number of halogens is 1. The van der Waals surface area contributed by atoms with Crippen LogP contribution in [0.15, 0.2) is 89.3 Å². The van der Waals surface area contributed by atoms with Gasteiger partial charge in [-0.05, 0) is 54.2 Å². The molecule has 0 amide bonds. The van der Waals surface area contributed by atoms with Crippen LogP contribution in [0.2, 0.25) is 0 Å². The van der Waals surface area contributed by atoms with Crippen LogP contribution >= 0.6 is 15.9 Å². The summed E-state index contributed by atoms with van der Waals surface area (Å²) >= 11 is 3.82. The molecule has 1 aliphatic rings. The number of allylic oxidation sites excluding steroid dienone is 1. The summed E-state index contributed by atoms with van der Waals surface area (Å²) in [6.45, 7) is 2.34. The van der Waals surface area contributed by atoms with Crippen molar-refractivity contribution in [3.05, 3.63) is 107 Å². The predicted octanol–water partition coefficient (Wildman–Crippen LogP) is 6.01. The van der Waals surface area contributed by atoms with Gasteiger partial charge in [0.1, 0.15) is 0 Å². The lowest BCUT2D eigenvalue weighted by Gasteiger charge is -2.18. The van der Waals surface area contributed by atoms with Gasteiger partial charge in [0, 0.05) is 16.9 Å². The van der Waals surface area contributed by atoms with Crippen LogP contribution in [-0.2, 0) is 10.0 Å². The summed E-state index contributed by atoms with van der Waals surface area (Å²) in [7, 11) is -3.48. The van der Waals surface area contributed by atoms with Crippen molar-refractivity contribution in [2.24, 2.45) is 0 Å². The number of hydrogen-bond donors (Lipinski definition) is 1. The van der Waals surface area contributed by atoms with Crippen LogP contribution in [-0.4, -0.2) is 15.0 Å². The first kappa shape index (κ1) is 21.0. The number of fused-ring (bicyclic) bond motifs is 1. The van der Waals surface area contributed by atoms with Crippen molar-refractivity contribution in [2.45, 2.75) is 30.6 Å². The SMILES string of the molecule is Cc1ccc(S(=O)(=O)NCCCC2=C(Br)c3ccccc3C2c2ccccc2)cc1. The van der Waals surface area contributed by atoms with E-state index in [9.17, 15) is 8.42 Å². The van der Waals surface area contributed by atoms with Gasteiger partial charge in [0.05, 0.1) is 4.90 Å². The molecule has 0 saturated heterocycles. The van der Waals surface area contributed by atoms with Gasteiger partial charge in [-0.1, -0.05) is 88.2 Å². The Labute approximate surface area is 187 Å².